The van der Waals surface area contributed by atoms with E-state index in [1.54, 1.807) is 6.20 Å². The highest BCUT2D eigenvalue weighted by atomic mass is 35.5. The summed E-state index contributed by atoms with van der Waals surface area (Å²) < 4.78 is 0. The summed E-state index contributed by atoms with van der Waals surface area (Å²) in [6.07, 6.45) is 4.60. The summed E-state index contributed by atoms with van der Waals surface area (Å²) in [4.78, 5) is 10.6. The lowest BCUT2D eigenvalue weighted by Crippen LogP contribution is -1.87. The zero-order valence-electron chi connectivity index (χ0n) is 6.96. The van der Waals surface area contributed by atoms with Crippen molar-refractivity contribution in [1.82, 2.24) is 15.0 Å². The van der Waals surface area contributed by atoms with Crippen molar-refractivity contribution in [3.8, 4) is 11.3 Å². The number of anilines is 1. The second-order valence-electron chi connectivity index (χ2n) is 2.66. The number of hydrogen-bond donors (Lipinski definition) is 2. The summed E-state index contributed by atoms with van der Waals surface area (Å²) in [6, 6.07) is 0. The van der Waals surface area contributed by atoms with Gasteiger partial charge in [0.1, 0.15) is 0 Å². The zero-order chi connectivity index (χ0) is 10.1. The van der Waals surface area contributed by atoms with Crippen LogP contribution >= 0.6 is 23.2 Å². The van der Waals surface area contributed by atoms with Crippen LogP contribution < -0.4 is 5.73 Å². The number of rotatable bonds is 1. The number of aromatic amines is 1. The van der Waals surface area contributed by atoms with E-state index in [1.165, 1.54) is 12.4 Å². The molecule has 3 N–H and O–H groups in total. The van der Waals surface area contributed by atoms with Crippen LogP contribution in [0.4, 0.5) is 5.95 Å². The zero-order valence-corrected chi connectivity index (χ0v) is 8.47. The molecule has 2 heterocycles. The van der Waals surface area contributed by atoms with E-state index in [0.717, 1.165) is 0 Å². The van der Waals surface area contributed by atoms with E-state index in [4.69, 9.17) is 28.9 Å². The molecule has 0 aliphatic rings. The molecule has 2 aromatic heterocycles. The predicted molar refractivity (Wildman–Crippen MR) is 56.3 cm³/mol. The van der Waals surface area contributed by atoms with Gasteiger partial charge in [0.25, 0.3) is 0 Å². The molecule has 0 atom stereocenters. The highest BCUT2D eigenvalue weighted by Gasteiger charge is 2.10. The van der Waals surface area contributed by atoms with Gasteiger partial charge in [0.05, 0.1) is 21.9 Å². The van der Waals surface area contributed by atoms with Gasteiger partial charge < -0.3 is 10.7 Å². The average molecular weight is 229 g/mol. The number of imidazole rings is 1. The van der Waals surface area contributed by atoms with Gasteiger partial charge in [-0.25, -0.2) is 4.98 Å². The number of nitrogens with one attached hydrogen (secondary N) is 1. The topological polar surface area (TPSA) is 67.6 Å². The van der Waals surface area contributed by atoms with Gasteiger partial charge in [-0.2, -0.15) is 0 Å². The first-order chi connectivity index (χ1) is 6.68. The van der Waals surface area contributed by atoms with Gasteiger partial charge in [-0.1, -0.05) is 23.2 Å². The van der Waals surface area contributed by atoms with Gasteiger partial charge in [0.2, 0.25) is 0 Å². The monoisotopic (exact) mass is 228 g/mol. The molecule has 0 saturated heterocycles. The normalized spacial score (nSPS) is 10.4. The quantitative estimate of drug-likeness (QED) is 0.788. The van der Waals surface area contributed by atoms with Crippen LogP contribution in [0.15, 0.2) is 18.6 Å². The molecule has 0 unspecified atom stereocenters. The number of aromatic nitrogens is 3. The SMILES string of the molecule is Nc1ncc(-c2c(Cl)cncc2Cl)[nH]1. The molecule has 2 rings (SSSR count). The largest absolute Gasteiger partial charge is 0.369 e. The Labute approximate surface area is 90.1 Å². The van der Waals surface area contributed by atoms with Gasteiger partial charge in [0.15, 0.2) is 5.95 Å². The molecule has 0 spiro atoms. The minimum absolute atomic E-state index is 0.323. The maximum atomic E-state index is 5.94. The molecule has 0 amide bonds. The van der Waals surface area contributed by atoms with Crippen molar-refractivity contribution in [1.29, 1.82) is 0 Å². The fourth-order valence-corrected chi connectivity index (χ4v) is 1.70. The molecule has 0 aliphatic heterocycles. The average Bonchev–Trinajstić information content (AvgIpc) is 2.51. The Kier molecular flexibility index (Phi) is 2.31. The number of nitrogen functional groups attached to an aromatic ring is 1. The van der Waals surface area contributed by atoms with Crippen molar-refractivity contribution < 1.29 is 0 Å². The highest BCUT2D eigenvalue weighted by Crippen LogP contribution is 2.32. The molecule has 0 radical (unpaired) electrons. The van der Waals surface area contributed by atoms with Crippen molar-refractivity contribution in [3.63, 3.8) is 0 Å². The molecular formula is C8H6Cl2N4. The highest BCUT2D eigenvalue weighted by molar-refractivity contribution is 6.38. The van der Waals surface area contributed by atoms with Crippen LogP contribution in [-0.2, 0) is 0 Å². The standard InChI is InChI=1S/C8H6Cl2N4/c9-4-1-12-2-5(10)7(4)6-3-13-8(11)14-6/h1-3H,(H3,11,13,14). The van der Waals surface area contributed by atoms with Gasteiger partial charge in [0, 0.05) is 18.0 Å². The summed E-state index contributed by atoms with van der Waals surface area (Å²) in [5.41, 5.74) is 6.79. The lowest BCUT2D eigenvalue weighted by atomic mass is 10.2. The summed E-state index contributed by atoms with van der Waals surface area (Å²) >= 11 is 11.9. The minimum Gasteiger partial charge on any atom is -0.369 e. The van der Waals surface area contributed by atoms with Gasteiger partial charge in [-0.15, -0.1) is 0 Å². The van der Waals surface area contributed by atoms with E-state index < -0.39 is 0 Å². The number of nitrogens with two attached hydrogens (primary N) is 1. The third-order valence-corrected chi connectivity index (χ3v) is 2.29. The van der Waals surface area contributed by atoms with E-state index in [9.17, 15) is 0 Å². The maximum Gasteiger partial charge on any atom is 0.197 e. The van der Waals surface area contributed by atoms with Gasteiger partial charge >= 0.3 is 0 Å². The maximum absolute atomic E-state index is 5.94. The van der Waals surface area contributed by atoms with Crippen molar-refractivity contribution in [2.45, 2.75) is 0 Å². The van der Waals surface area contributed by atoms with Crippen LogP contribution in [-0.4, -0.2) is 15.0 Å². The third-order valence-electron chi connectivity index (χ3n) is 1.72. The smallest absolute Gasteiger partial charge is 0.197 e. The lowest BCUT2D eigenvalue weighted by molar-refractivity contribution is 1.30. The Morgan fingerprint density at radius 3 is 2.29 bits per heavy atom. The van der Waals surface area contributed by atoms with Gasteiger partial charge in [-0.3, -0.25) is 4.98 Å². The molecule has 2 aromatic rings. The van der Waals surface area contributed by atoms with Crippen LogP contribution in [0, 0.1) is 0 Å². The fourth-order valence-electron chi connectivity index (χ4n) is 1.13. The van der Waals surface area contributed by atoms with E-state index in [1.807, 2.05) is 0 Å². The first-order valence-electron chi connectivity index (χ1n) is 3.78. The van der Waals surface area contributed by atoms with Crippen LogP contribution in [0.25, 0.3) is 11.3 Å². The Bertz CT molecular complexity index is 446. The first-order valence-corrected chi connectivity index (χ1v) is 4.54. The summed E-state index contributed by atoms with van der Waals surface area (Å²) in [5.74, 6) is 0.323. The predicted octanol–water partition coefficient (Wildman–Crippen LogP) is 2.36. The van der Waals surface area contributed by atoms with Gasteiger partial charge in [-0.05, 0) is 0 Å². The number of halogens is 2. The second kappa shape index (κ2) is 3.48. The van der Waals surface area contributed by atoms with E-state index in [-0.39, 0.29) is 0 Å². The third kappa shape index (κ3) is 1.54. The van der Waals surface area contributed by atoms with E-state index >= 15 is 0 Å². The summed E-state index contributed by atoms with van der Waals surface area (Å²) in [5, 5.41) is 0.919. The van der Waals surface area contributed by atoms with Crippen molar-refractivity contribution >= 4 is 29.2 Å². The van der Waals surface area contributed by atoms with E-state index in [2.05, 4.69) is 15.0 Å². The van der Waals surface area contributed by atoms with E-state index in [0.29, 0.717) is 27.3 Å². The van der Waals surface area contributed by atoms with Crippen LogP contribution in [0.2, 0.25) is 10.0 Å². The molecular weight excluding hydrogens is 223 g/mol. The Balaban J connectivity index is 2.61. The van der Waals surface area contributed by atoms with Crippen molar-refractivity contribution in [3.05, 3.63) is 28.6 Å². The first kappa shape index (κ1) is 9.30. The molecule has 6 heteroatoms. The molecule has 0 saturated carbocycles. The second-order valence-corrected chi connectivity index (χ2v) is 3.47. The van der Waals surface area contributed by atoms with Crippen molar-refractivity contribution in [2.75, 3.05) is 5.73 Å². The molecule has 0 bridgehead atoms. The van der Waals surface area contributed by atoms with Crippen LogP contribution in [0.5, 0.6) is 0 Å². The Morgan fingerprint density at radius 1 is 1.14 bits per heavy atom. The molecule has 0 aliphatic carbocycles. The number of H-pyrrole nitrogens is 1. The Hall–Kier alpha value is -1.26. The molecule has 0 fully saturated rings. The molecule has 0 aromatic carbocycles. The number of hydrogen-bond acceptors (Lipinski definition) is 3. The number of pyridine rings is 1. The Morgan fingerprint density at radius 2 is 1.79 bits per heavy atom. The molecule has 4 nitrogen and oxygen atoms in total. The minimum atomic E-state index is 0.323. The summed E-state index contributed by atoms with van der Waals surface area (Å²) in [7, 11) is 0. The molecule has 14 heavy (non-hydrogen) atoms. The lowest BCUT2D eigenvalue weighted by Gasteiger charge is -2.02. The van der Waals surface area contributed by atoms with Crippen LogP contribution in [0.1, 0.15) is 0 Å². The van der Waals surface area contributed by atoms with Crippen molar-refractivity contribution in [2.24, 2.45) is 0 Å². The summed E-state index contributed by atoms with van der Waals surface area (Å²) in [6.45, 7) is 0. The number of nitrogens with zero attached hydrogens (tertiary/aromatic N) is 2. The van der Waals surface area contributed by atoms with Crippen LogP contribution in [0.3, 0.4) is 0 Å². The fraction of sp³-hybridized carbons (Fsp3) is 0. The molecule has 72 valence electrons.